The molecule has 4 N–H and O–H groups in total. The number of nitrogens with one attached hydrogen (secondary N) is 2. The van der Waals surface area contributed by atoms with Crippen LogP contribution < -0.4 is 10.6 Å². The summed E-state index contributed by atoms with van der Waals surface area (Å²) >= 11 is 1.58. The summed E-state index contributed by atoms with van der Waals surface area (Å²) in [6.07, 6.45) is -0.841. The van der Waals surface area contributed by atoms with Gasteiger partial charge < -0.3 is 25.6 Å². The van der Waals surface area contributed by atoms with Gasteiger partial charge in [0.25, 0.3) is 17.8 Å². The van der Waals surface area contributed by atoms with Crippen LogP contribution in [0.25, 0.3) is 28.4 Å². The quantitative estimate of drug-likeness (QED) is 0.229. The zero-order chi connectivity index (χ0) is 27.9. The SMILES string of the molecule is CNC(=O)[C@H]1OC(n2cnc3c(NCC(C)(F)F)nc(-n4cc(-c5cccc(SC)c5)nn4)nc32)[C@H](O)[C@@H]1O. The molecule has 13 nitrogen and oxygen atoms in total. The maximum absolute atomic E-state index is 13.7. The fourth-order valence-corrected chi connectivity index (χ4v) is 4.54. The molecule has 0 radical (unpaired) electrons. The number of likely N-dealkylation sites (N-methyl/N-ethyl adjacent to an activating group) is 1. The first-order valence-corrected chi connectivity index (χ1v) is 13.0. The highest BCUT2D eigenvalue weighted by Crippen LogP contribution is 2.33. The molecule has 0 spiro atoms. The molecule has 4 heterocycles. The third-order valence-electron chi connectivity index (χ3n) is 6.06. The summed E-state index contributed by atoms with van der Waals surface area (Å²) in [5.74, 6) is -3.73. The highest BCUT2D eigenvalue weighted by atomic mass is 32.2. The molecule has 1 saturated heterocycles. The molecule has 1 amide bonds. The number of hydrogen-bond acceptors (Lipinski definition) is 11. The smallest absolute Gasteiger partial charge is 0.262 e. The van der Waals surface area contributed by atoms with Crippen LogP contribution in [0.15, 0.2) is 41.7 Å². The topological polar surface area (TPSA) is 165 Å². The third kappa shape index (κ3) is 5.27. The number of amides is 1. The second-order valence-corrected chi connectivity index (χ2v) is 9.82. The van der Waals surface area contributed by atoms with Crippen LogP contribution in [0.3, 0.4) is 0 Å². The van der Waals surface area contributed by atoms with Crippen LogP contribution in [0.5, 0.6) is 0 Å². The van der Waals surface area contributed by atoms with Gasteiger partial charge in [0.15, 0.2) is 29.3 Å². The summed E-state index contributed by atoms with van der Waals surface area (Å²) in [4.78, 5) is 26.2. The molecule has 1 unspecified atom stereocenters. The van der Waals surface area contributed by atoms with Gasteiger partial charge in [-0.25, -0.2) is 13.8 Å². The summed E-state index contributed by atoms with van der Waals surface area (Å²) in [5, 5.41) is 34.3. The minimum atomic E-state index is -3.06. The number of imidazole rings is 1. The number of fused-ring (bicyclic) bond motifs is 1. The number of alkyl halides is 2. The van der Waals surface area contributed by atoms with Crippen LogP contribution in [0.2, 0.25) is 0 Å². The molecule has 3 aromatic heterocycles. The van der Waals surface area contributed by atoms with Crippen LogP contribution in [-0.4, -0.2) is 94.7 Å². The molecular formula is C23H25F2N9O4S. The zero-order valence-corrected chi connectivity index (χ0v) is 21.8. The third-order valence-corrected chi connectivity index (χ3v) is 6.78. The predicted octanol–water partition coefficient (Wildman–Crippen LogP) is 1.23. The molecule has 206 valence electrons. The van der Waals surface area contributed by atoms with Gasteiger partial charge in [0.2, 0.25) is 0 Å². The van der Waals surface area contributed by atoms with Crippen molar-refractivity contribution in [2.75, 3.05) is 25.2 Å². The predicted molar refractivity (Wildman–Crippen MR) is 137 cm³/mol. The lowest BCUT2D eigenvalue weighted by Crippen LogP contribution is -2.41. The summed E-state index contributed by atoms with van der Waals surface area (Å²) < 4.78 is 35.6. The fourth-order valence-electron chi connectivity index (χ4n) is 4.08. The molecule has 1 aliphatic rings. The van der Waals surface area contributed by atoms with Gasteiger partial charge in [0, 0.05) is 24.4 Å². The van der Waals surface area contributed by atoms with Gasteiger partial charge in [-0.1, -0.05) is 17.3 Å². The zero-order valence-electron chi connectivity index (χ0n) is 21.0. The van der Waals surface area contributed by atoms with E-state index in [1.54, 1.807) is 18.0 Å². The van der Waals surface area contributed by atoms with Crippen molar-refractivity contribution in [2.24, 2.45) is 0 Å². The summed E-state index contributed by atoms with van der Waals surface area (Å²) in [7, 11) is 1.37. The standard InChI is InChI=1S/C23H25F2N9O4S/c1-23(24,25)9-27-18-14-19(33(10-28-14)21-16(36)15(35)17(38-21)20(37)26-2)30-22(29-18)34-8-13(31-32-34)11-5-4-6-12(7-11)39-3/h4-8,10,15-17,21,35-36H,9H2,1-3H3,(H,26,37)(H,27,29,30)/t15-,16+,17-,21?/m0/s1. The van der Waals surface area contributed by atoms with Gasteiger partial charge in [0.05, 0.1) is 19.1 Å². The van der Waals surface area contributed by atoms with Gasteiger partial charge in [-0.3, -0.25) is 9.36 Å². The second kappa shape index (κ2) is 10.4. The Hall–Kier alpha value is -3.73. The molecule has 4 atom stereocenters. The lowest BCUT2D eigenvalue weighted by Gasteiger charge is -2.17. The van der Waals surface area contributed by atoms with Crippen molar-refractivity contribution in [2.45, 2.75) is 42.3 Å². The van der Waals surface area contributed by atoms with E-state index >= 15 is 0 Å². The van der Waals surface area contributed by atoms with E-state index in [9.17, 15) is 23.8 Å². The number of rotatable bonds is 8. The van der Waals surface area contributed by atoms with Crippen LogP contribution in [-0.2, 0) is 9.53 Å². The molecule has 4 aromatic rings. The van der Waals surface area contributed by atoms with Crippen molar-refractivity contribution >= 4 is 34.7 Å². The van der Waals surface area contributed by atoms with E-state index in [2.05, 4.69) is 35.9 Å². The van der Waals surface area contributed by atoms with Crippen LogP contribution in [0.4, 0.5) is 14.6 Å². The Balaban J connectivity index is 1.58. The molecule has 1 aliphatic heterocycles. The Kier molecular flexibility index (Phi) is 7.19. The van der Waals surface area contributed by atoms with E-state index in [1.165, 1.54) is 22.6 Å². The van der Waals surface area contributed by atoms with Gasteiger partial charge in [-0.05, 0) is 18.4 Å². The molecule has 1 fully saturated rings. The number of nitrogens with zero attached hydrogens (tertiary/aromatic N) is 7. The minimum absolute atomic E-state index is 0.0207. The lowest BCUT2D eigenvalue weighted by atomic mass is 10.1. The average molecular weight is 562 g/mol. The van der Waals surface area contributed by atoms with Gasteiger partial charge in [0.1, 0.15) is 17.9 Å². The molecular weight excluding hydrogens is 536 g/mol. The van der Waals surface area contributed by atoms with Gasteiger partial charge in [-0.2, -0.15) is 14.6 Å². The largest absolute Gasteiger partial charge is 0.387 e. The Labute approximate surface area is 224 Å². The number of aliphatic hydroxyl groups is 2. The Morgan fingerprint density at radius 3 is 2.77 bits per heavy atom. The van der Waals surface area contributed by atoms with Crippen molar-refractivity contribution in [1.29, 1.82) is 0 Å². The van der Waals surface area contributed by atoms with E-state index in [0.29, 0.717) is 5.69 Å². The summed E-state index contributed by atoms with van der Waals surface area (Å²) in [6, 6.07) is 7.67. The lowest BCUT2D eigenvalue weighted by molar-refractivity contribution is -0.137. The highest BCUT2D eigenvalue weighted by Gasteiger charge is 2.47. The number of aliphatic hydroxyl groups excluding tert-OH is 2. The molecule has 0 saturated carbocycles. The fraction of sp³-hybridized carbons (Fsp3) is 0.391. The first-order chi connectivity index (χ1) is 18.6. The number of benzene rings is 1. The van der Waals surface area contributed by atoms with E-state index in [1.807, 2.05) is 30.5 Å². The number of thioether (sulfide) groups is 1. The monoisotopic (exact) mass is 561 g/mol. The van der Waals surface area contributed by atoms with Crippen LogP contribution in [0.1, 0.15) is 13.2 Å². The molecule has 16 heteroatoms. The van der Waals surface area contributed by atoms with Crippen molar-refractivity contribution in [3.63, 3.8) is 0 Å². The Morgan fingerprint density at radius 2 is 2.05 bits per heavy atom. The number of ether oxygens (including phenoxy) is 1. The number of halogens is 2. The number of aromatic nitrogens is 7. The number of carbonyl (C=O) groups excluding carboxylic acids is 1. The van der Waals surface area contributed by atoms with Crippen molar-refractivity contribution < 1.29 is 28.5 Å². The minimum Gasteiger partial charge on any atom is -0.387 e. The normalized spacial score (nSPS) is 21.4. The van der Waals surface area contributed by atoms with E-state index in [-0.39, 0.29) is 22.9 Å². The molecule has 39 heavy (non-hydrogen) atoms. The molecule has 1 aromatic carbocycles. The highest BCUT2D eigenvalue weighted by molar-refractivity contribution is 7.98. The van der Waals surface area contributed by atoms with E-state index in [4.69, 9.17) is 4.74 Å². The maximum Gasteiger partial charge on any atom is 0.262 e. The second-order valence-electron chi connectivity index (χ2n) is 8.94. The Bertz CT molecular complexity index is 1510. The van der Waals surface area contributed by atoms with Crippen molar-refractivity contribution in [3.8, 4) is 17.2 Å². The first kappa shape index (κ1) is 26.9. The number of anilines is 1. The van der Waals surface area contributed by atoms with E-state index < -0.39 is 42.9 Å². The molecule has 5 rings (SSSR count). The number of hydrogen-bond donors (Lipinski definition) is 4. The average Bonchev–Trinajstić information content (AvgIpc) is 3.65. The maximum atomic E-state index is 13.7. The van der Waals surface area contributed by atoms with E-state index in [0.717, 1.165) is 17.4 Å². The van der Waals surface area contributed by atoms with Crippen molar-refractivity contribution in [3.05, 3.63) is 36.8 Å². The number of carbonyl (C=O) groups is 1. The van der Waals surface area contributed by atoms with Gasteiger partial charge >= 0.3 is 0 Å². The van der Waals surface area contributed by atoms with Gasteiger partial charge in [-0.15, -0.1) is 16.9 Å². The molecule has 0 bridgehead atoms. The molecule has 0 aliphatic carbocycles. The van der Waals surface area contributed by atoms with Crippen LogP contribution in [0, 0.1) is 0 Å². The first-order valence-electron chi connectivity index (χ1n) is 11.8. The van der Waals surface area contributed by atoms with Crippen molar-refractivity contribution in [1.82, 2.24) is 39.8 Å². The Morgan fingerprint density at radius 1 is 1.26 bits per heavy atom. The summed E-state index contributed by atoms with van der Waals surface area (Å²) in [5.41, 5.74) is 1.52. The van der Waals surface area contributed by atoms with Crippen LogP contribution >= 0.6 is 11.8 Å². The summed E-state index contributed by atoms with van der Waals surface area (Å²) in [6.45, 7) is 0.0167.